The highest BCUT2D eigenvalue weighted by atomic mass is 79.9. The Morgan fingerprint density at radius 3 is 2.80 bits per heavy atom. The number of pyridine rings is 1. The molecule has 0 aliphatic carbocycles. The van der Waals surface area contributed by atoms with Crippen LogP contribution in [0, 0.1) is 5.95 Å². The summed E-state index contributed by atoms with van der Waals surface area (Å²) in [4.78, 5) is 11.7. The summed E-state index contributed by atoms with van der Waals surface area (Å²) in [5.74, 6) is -0.0844. The number of benzene rings is 1. The SMILES string of the molecule is Fc1cc2c(Nc3ccc(Br)c(Cl)c3)ncnc2cn1. The molecule has 4 nitrogen and oxygen atoms in total. The molecule has 0 saturated carbocycles. The number of hydrogen-bond acceptors (Lipinski definition) is 4. The monoisotopic (exact) mass is 352 g/mol. The number of nitrogens with zero attached hydrogens (tertiary/aromatic N) is 3. The number of rotatable bonds is 2. The van der Waals surface area contributed by atoms with Crippen molar-refractivity contribution in [3.63, 3.8) is 0 Å². The van der Waals surface area contributed by atoms with Crippen molar-refractivity contribution in [2.45, 2.75) is 0 Å². The first-order chi connectivity index (χ1) is 9.63. The van der Waals surface area contributed by atoms with Crippen molar-refractivity contribution in [3.8, 4) is 0 Å². The Kier molecular flexibility index (Phi) is 3.50. The number of hydrogen-bond donors (Lipinski definition) is 1. The van der Waals surface area contributed by atoms with Gasteiger partial charge in [-0.2, -0.15) is 4.39 Å². The van der Waals surface area contributed by atoms with E-state index in [1.165, 1.54) is 18.6 Å². The molecule has 20 heavy (non-hydrogen) atoms. The van der Waals surface area contributed by atoms with E-state index in [1.54, 1.807) is 6.07 Å². The summed E-state index contributed by atoms with van der Waals surface area (Å²) in [6, 6.07) is 6.69. The van der Waals surface area contributed by atoms with Crippen LogP contribution in [-0.2, 0) is 0 Å². The number of anilines is 2. The van der Waals surface area contributed by atoms with E-state index in [0.717, 1.165) is 10.2 Å². The fourth-order valence-corrected chi connectivity index (χ4v) is 2.17. The average molecular weight is 354 g/mol. The second-order valence-corrected chi connectivity index (χ2v) is 5.26. The molecule has 3 rings (SSSR count). The lowest BCUT2D eigenvalue weighted by molar-refractivity contribution is 0.586. The third kappa shape index (κ3) is 2.57. The Morgan fingerprint density at radius 2 is 2.00 bits per heavy atom. The van der Waals surface area contributed by atoms with E-state index in [-0.39, 0.29) is 0 Å². The zero-order valence-corrected chi connectivity index (χ0v) is 12.3. The highest BCUT2D eigenvalue weighted by Gasteiger charge is 2.07. The predicted octanol–water partition coefficient (Wildman–Crippen LogP) is 4.32. The zero-order valence-electron chi connectivity index (χ0n) is 9.94. The average Bonchev–Trinajstić information content (AvgIpc) is 2.44. The lowest BCUT2D eigenvalue weighted by Gasteiger charge is -2.09. The number of aromatic nitrogens is 3. The van der Waals surface area contributed by atoms with Gasteiger partial charge in [0, 0.05) is 21.6 Å². The highest BCUT2D eigenvalue weighted by Crippen LogP contribution is 2.28. The molecule has 100 valence electrons. The minimum atomic E-state index is -0.579. The third-order valence-corrected chi connectivity index (χ3v) is 3.90. The molecule has 0 unspecified atom stereocenters. The maximum atomic E-state index is 13.3. The molecule has 0 spiro atoms. The minimum Gasteiger partial charge on any atom is -0.340 e. The van der Waals surface area contributed by atoms with Gasteiger partial charge in [0.25, 0.3) is 0 Å². The van der Waals surface area contributed by atoms with Gasteiger partial charge in [0.1, 0.15) is 12.1 Å². The van der Waals surface area contributed by atoms with Crippen molar-refractivity contribution >= 4 is 49.9 Å². The summed E-state index contributed by atoms with van der Waals surface area (Å²) in [6.07, 6.45) is 2.76. The molecule has 3 aromatic rings. The van der Waals surface area contributed by atoms with Gasteiger partial charge in [-0.25, -0.2) is 15.0 Å². The first-order valence-electron chi connectivity index (χ1n) is 5.62. The molecule has 7 heteroatoms. The van der Waals surface area contributed by atoms with Crippen molar-refractivity contribution in [1.82, 2.24) is 15.0 Å². The molecule has 0 aliphatic rings. The summed E-state index contributed by atoms with van der Waals surface area (Å²) in [5.41, 5.74) is 1.31. The molecular formula is C13H7BrClFN4. The summed E-state index contributed by atoms with van der Waals surface area (Å²) < 4.78 is 14.0. The second kappa shape index (κ2) is 5.30. The molecule has 1 aromatic carbocycles. The van der Waals surface area contributed by atoms with Crippen LogP contribution in [0.3, 0.4) is 0 Å². The summed E-state index contributed by atoms with van der Waals surface area (Å²) in [6.45, 7) is 0. The molecule has 0 amide bonds. The Balaban J connectivity index is 2.05. The quantitative estimate of drug-likeness (QED) is 0.697. The first-order valence-corrected chi connectivity index (χ1v) is 6.79. The predicted molar refractivity (Wildman–Crippen MR) is 79.7 cm³/mol. The van der Waals surface area contributed by atoms with Crippen molar-refractivity contribution in [2.75, 3.05) is 5.32 Å². The fraction of sp³-hybridized carbons (Fsp3) is 0. The van der Waals surface area contributed by atoms with Gasteiger partial charge in [0.2, 0.25) is 5.95 Å². The molecule has 0 saturated heterocycles. The number of nitrogens with one attached hydrogen (secondary N) is 1. The van der Waals surface area contributed by atoms with Gasteiger partial charge in [-0.3, -0.25) is 0 Å². The highest BCUT2D eigenvalue weighted by molar-refractivity contribution is 9.10. The molecule has 0 radical (unpaired) electrons. The summed E-state index contributed by atoms with van der Waals surface area (Å²) in [5, 5.41) is 4.22. The lowest BCUT2D eigenvalue weighted by Crippen LogP contribution is -1.97. The molecule has 0 atom stereocenters. The lowest BCUT2D eigenvalue weighted by atomic mass is 10.2. The Morgan fingerprint density at radius 1 is 1.15 bits per heavy atom. The summed E-state index contributed by atoms with van der Waals surface area (Å²) in [7, 11) is 0. The topological polar surface area (TPSA) is 50.7 Å². The minimum absolute atomic E-state index is 0.495. The van der Waals surface area contributed by atoms with Crippen molar-refractivity contribution in [2.24, 2.45) is 0 Å². The van der Waals surface area contributed by atoms with E-state index in [4.69, 9.17) is 11.6 Å². The zero-order chi connectivity index (χ0) is 14.1. The van der Waals surface area contributed by atoms with Gasteiger partial charge in [0.05, 0.1) is 16.7 Å². The van der Waals surface area contributed by atoms with Gasteiger partial charge in [-0.05, 0) is 34.1 Å². The van der Waals surface area contributed by atoms with E-state index in [0.29, 0.717) is 21.7 Å². The van der Waals surface area contributed by atoms with Crippen LogP contribution in [0.25, 0.3) is 10.9 Å². The first kappa shape index (κ1) is 13.2. The van der Waals surface area contributed by atoms with Crippen LogP contribution < -0.4 is 5.32 Å². The van der Waals surface area contributed by atoms with Crippen LogP contribution in [0.4, 0.5) is 15.9 Å². The maximum absolute atomic E-state index is 13.3. The molecule has 2 aromatic heterocycles. The van der Waals surface area contributed by atoms with Crippen molar-refractivity contribution < 1.29 is 4.39 Å². The normalized spacial score (nSPS) is 10.8. The molecular weight excluding hydrogens is 347 g/mol. The molecule has 0 aliphatic heterocycles. The van der Waals surface area contributed by atoms with E-state index < -0.39 is 5.95 Å². The van der Waals surface area contributed by atoms with Gasteiger partial charge in [-0.1, -0.05) is 11.6 Å². The molecule has 0 fully saturated rings. The van der Waals surface area contributed by atoms with Crippen LogP contribution in [0.2, 0.25) is 5.02 Å². The maximum Gasteiger partial charge on any atom is 0.213 e. The van der Waals surface area contributed by atoms with E-state index in [9.17, 15) is 4.39 Å². The number of fused-ring (bicyclic) bond motifs is 1. The van der Waals surface area contributed by atoms with Crippen LogP contribution in [0.15, 0.2) is 41.3 Å². The smallest absolute Gasteiger partial charge is 0.213 e. The largest absolute Gasteiger partial charge is 0.340 e. The van der Waals surface area contributed by atoms with Gasteiger partial charge in [0.15, 0.2) is 0 Å². The Labute approximate surface area is 127 Å². The van der Waals surface area contributed by atoms with Gasteiger partial charge < -0.3 is 5.32 Å². The molecule has 0 bridgehead atoms. The molecule has 2 heterocycles. The number of halogens is 3. The standard InChI is InChI=1S/C13H7BrClFN4/c14-9-2-1-7(3-10(9)15)20-13-8-4-12(16)17-5-11(8)18-6-19-13/h1-6H,(H,18,19,20). The van der Waals surface area contributed by atoms with Crippen LogP contribution in [-0.4, -0.2) is 15.0 Å². The van der Waals surface area contributed by atoms with E-state index in [2.05, 4.69) is 36.2 Å². The van der Waals surface area contributed by atoms with Crippen molar-refractivity contribution in [1.29, 1.82) is 0 Å². The van der Waals surface area contributed by atoms with Crippen LogP contribution >= 0.6 is 27.5 Å². The Hall–Kier alpha value is -1.79. The van der Waals surface area contributed by atoms with E-state index in [1.807, 2.05) is 12.1 Å². The van der Waals surface area contributed by atoms with Crippen molar-refractivity contribution in [3.05, 3.63) is 52.2 Å². The van der Waals surface area contributed by atoms with Crippen LogP contribution in [0.1, 0.15) is 0 Å². The van der Waals surface area contributed by atoms with E-state index >= 15 is 0 Å². The fourth-order valence-electron chi connectivity index (χ4n) is 1.74. The summed E-state index contributed by atoms with van der Waals surface area (Å²) >= 11 is 9.35. The van der Waals surface area contributed by atoms with Gasteiger partial charge >= 0.3 is 0 Å². The Bertz CT molecular complexity index is 796. The van der Waals surface area contributed by atoms with Gasteiger partial charge in [-0.15, -0.1) is 0 Å². The third-order valence-electron chi connectivity index (χ3n) is 2.67. The second-order valence-electron chi connectivity index (χ2n) is 4.00. The van der Waals surface area contributed by atoms with Crippen LogP contribution in [0.5, 0.6) is 0 Å². The molecule has 1 N–H and O–H groups in total.